The van der Waals surface area contributed by atoms with Crippen LogP contribution in [0.25, 0.3) is 5.57 Å². The third-order valence-electron chi connectivity index (χ3n) is 1.56. The quantitative estimate of drug-likeness (QED) is 0.701. The smallest absolute Gasteiger partial charge is 0.0650 e. The van der Waals surface area contributed by atoms with Crippen LogP contribution in [0.4, 0.5) is 0 Å². The second-order valence-corrected chi connectivity index (χ2v) is 2.92. The number of aromatic amines is 1. The number of hydrogen-bond donors (Lipinski definition) is 1. The summed E-state index contributed by atoms with van der Waals surface area (Å²) in [6.07, 6.45) is 7.79. The van der Waals surface area contributed by atoms with E-state index in [0.29, 0.717) is 0 Å². The molecule has 1 aromatic rings. The molecule has 0 aliphatic carbocycles. The van der Waals surface area contributed by atoms with Gasteiger partial charge in [-0.1, -0.05) is 30.4 Å². The van der Waals surface area contributed by atoms with Crippen LogP contribution in [0.1, 0.15) is 19.5 Å². The molecule has 0 saturated heterocycles. The first-order chi connectivity index (χ1) is 6.24. The molecule has 68 valence electrons. The summed E-state index contributed by atoms with van der Waals surface area (Å²) in [6, 6.07) is 1.94. The van der Waals surface area contributed by atoms with Crippen molar-refractivity contribution in [3.63, 3.8) is 0 Å². The van der Waals surface area contributed by atoms with Crippen LogP contribution in [-0.2, 0) is 0 Å². The molecule has 0 aliphatic rings. The first-order valence-corrected chi connectivity index (χ1v) is 4.23. The van der Waals surface area contributed by atoms with Crippen molar-refractivity contribution in [2.24, 2.45) is 0 Å². The van der Waals surface area contributed by atoms with E-state index in [1.54, 1.807) is 6.20 Å². The Bertz CT molecular complexity index is 329. The molecule has 0 aliphatic heterocycles. The lowest BCUT2D eigenvalue weighted by Crippen LogP contribution is -1.81. The van der Waals surface area contributed by atoms with Gasteiger partial charge in [0.1, 0.15) is 0 Å². The van der Waals surface area contributed by atoms with Gasteiger partial charge in [0.25, 0.3) is 0 Å². The van der Waals surface area contributed by atoms with Crippen LogP contribution >= 0.6 is 0 Å². The fraction of sp³-hybridized carbons (Fsp3) is 0.182. The minimum absolute atomic E-state index is 1.01. The predicted molar refractivity (Wildman–Crippen MR) is 56.2 cm³/mol. The fourth-order valence-electron chi connectivity index (χ4n) is 1.08. The summed E-state index contributed by atoms with van der Waals surface area (Å²) in [4.78, 5) is 0. The molecule has 1 heterocycles. The molecule has 0 bridgehead atoms. The topological polar surface area (TPSA) is 28.7 Å². The maximum absolute atomic E-state index is 3.90. The third-order valence-corrected chi connectivity index (χ3v) is 1.56. The van der Waals surface area contributed by atoms with Gasteiger partial charge < -0.3 is 0 Å². The van der Waals surface area contributed by atoms with Crippen LogP contribution in [0, 0.1) is 0 Å². The Balaban J connectivity index is 3.00. The SMILES string of the molecule is C=C(C)/C=C(\C=C/C)c1ccn[nH]1. The van der Waals surface area contributed by atoms with Crippen molar-refractivity contribution < 1.29 is 0 Å². The van der Waals surface area contributed by atoms with Gasteiger partial charge in [-0.2, -0.15) is 5.10 Å². The highest BCUT2D eigenvalue weighted by Gasteiger charge is 1.97. The Kier molecular flexibility index (Phi) is 3.26. The van der Waals surface area contributed by atoms with Crippen molar-refractivity contribution in [2.75, 3.05) is 0 Å². The van der Waals surface area contributed by atoms with Gasteiger partial charge in [0.2, 0.25) is 0 Å². The molecule has 0 saturated carbocycles. The first-order valence-electron chi connectivity index (χ1n) is 4.23. The zero-order valence-corrected chi connectivity index (χ0v) is 8.04. The van der Waals surface area contributed by atoms with Crippen LogP contribution in [0.3, 0.4) is 0 Å². The molecule has 0 spiro atoms. The van der Waals surface area contributed by atoms with Gasteiger partial charge >= 0.3 is 0 Å². The van der Waals surface area contributed by atoms with E-state index in [1.165, 1.54) is 0 Å². The molecular formula is C11H14N2. The van der Waals surface area contributed by atoms with E-state index in [0.717, 1.165) is 16.8 Å². The maximum atomic E-state index is 3.90. The summed E-state index contributed by atoms with van der Waals surface area (Å²) in [6.45, 7) is 7.80. The molecule has 0 aromatic carbocycles. The lowest BCUT2D eigenvalue weighted by molar-refractivity contribution is 1.07. The van der Waals surface area contributed by atoms with Gasteiger partial charge in [-0.3, -0.25) is 5.10 Å². The summed E-state index contributed by atoms with van der Waals surface area (Å²) in [5.74, 6) is 0. The third kappa shape index (κ3) is 2.75. The van der Waals surface area contributed by atoms with Gasteiger partial charge in [0.05, 0.1) is 5.69 Å². The Morgan fingerprint density at radius 1 is 1.62 bits per heavy atom. The van der Waals surface area contributed by atoms with Gasteiger partial charge in [-0.05, 0) is 25.5 Å². The molecule has 0 radical (unpaired) electrons. The number of nitrogens with zero attached hydrogens (tertiary/aromatic N) is 1. The summed E-state index contributed by atoms with van der Waals surface area (Å²) in [5.41, 5.74) is 3.15. The molecular weight excluding hydrogens is 160 g/mol. The summed E-state index contributed by atoms with van der Waals surface area (Å²) >= 11 is 0. The molecule has 0 amide bonds. The van der Waals surface area contributed by atoms with E-state index in [4.69, 9.17) is 0 Å². The Hall–Kier alpha value is -1.57. The minimum Gasteiger partial charge on any atom is -0.278 e. The van der Waals surface area contributed by atoms with Gasteiger partial charge in [0, 0.05) is 6.20 Å². The van der Waals surface area contributed by atoms with Crippen molar-refractivity contribution in [2.45, 2.75) is 13.8 Å². The van der Waals surface area contributed by atoms with Crippen LogP contribution in [-0.4, -0.2) is 10.2 Å². The average molecular weight is 174 g/mol. The zero-order chi connectivity index (χ0) is 9.68. The highest BCUT2D eigenvalue weighted by Crippen LogP contribution is 2.14. The zero-order valence-electron chi connectivity index (χ0n) is 8.04. The highest BCUT2D eigenvalue weighted by atomic mass is 15.1. The van der Waals surface area contributed by atoms with Crippen molar-refractivity contribution in [1.82, 2.24) is 10.2 Å². The van der Waals surface area contributed by atoms with E-state index in [-0.39, 0.29) is 0 Å². The van der Waals surface area contributed by atoms with E-state index in [2.05, 4.69) is 16.8 Å². The predicted octanol–water partition coefficient (Wildman–Crippen LogP) is 2.95. The number of allylic oxidation sites excluding steroid dienone is 5. The summed E-state index contributed by atoms with van der Waals surface area (Å²) in [7, 11) is 0. The molecule has 1 N–H and O–H groups in total. The number of hydrogen-bond acceptors (Lipinski definition) is 1. The van der Waals surface area contributed by atoms with Gasteiger partial charge in [-0.15, -0.1) is 0 Å². The van der Waals surface area contributed by atoms with Crippen molar-refractivity contribution in [1.29, 1.82) is 0 Å². The summed E-state index contributed by atoms with van der Waals surface area (Å²) in [5, 5.41) is 6.82. The number of aromatic nitrogens is 2. The Morgan fingerprint density at radius 3 is 2.85 bits per heavy atom. The number of H-pyrrole nitrogens is 1. The number of nitrogens with one attached hydrogen (secondary N) is 1. The second kappa shape index (κ2) is 4.45. The van der Waals surface area contributed by atoms with E-state index < -0.39 is 0 Å². The van der Waals surface area contributed by atoms with Crippen LogP contribution in [0.2, 0.25) is 0 Å². The molecule has 0 atom stereocenters. The fourth-order valence-corrected chi connectivity index (χ4v) is 1.08. The van der Waals surface area contributed by atoms with Gasteiger partial charge in [-0.25, -0.2) is 0 Å². The molecule has 0 fully saturated rings. The minimum atomic E-state index is 1.01. The molecule has 0 unspecified atom stereocenters. The largest absolute Gasteiger partial charge is 0.278 e. The maximum Gasteiger partial charge on any atom is 0.0650 e. The monoisotopic (exact) mass is 174 g/mol. The average Bonchev–Trinajstić information content (AvgIpc) is 2.54. The summed E-state index contributed by atoms with van der Waals surface area (Å²) < 4.78 is 0. The molecule has 13 heavy (non-hydrogen) atoms. The van der Waals surface area contributed by atoms with E-state index in [9.17, 15) is 0 Å². The van der Waals surface area contributed by atoms with E-state index >= 15 is 0 Å². The van der Waals surface area contributed by atoms with Crippen LogP contribution in [0.5, 0.6) is 0 Å². The lowest BCUT2D eigenvalue weighted by atomic mass is 10.1. The number of rotatable bonds is 3. The molecule has 1 rings (SSSR count). The van der Waals surface area contributed by atoms with E-state index in [1.807, 2.05) is 38.1 Å². The normalized spacial score (nSPS) is 12.3. The van der Waals surface area contributed by atoms with Crippen molar-refractivity contribution in [3.8, 4) is 0 Å². The second-order valence-electron chi connectivity index (χ2n) is 2.92. The van der Waals surface area contributed by atoms with Crippen LogP contribution in [0.15, 0.2) is 42.6 Å². The standard InChI is InChI=1S/C11H14N2/c1-4-5-10(8-9(2)3)11-6-7-12-13-11/h4-8H,2H2,1,3H3,(H,12,13)/b5-4-,10-8+. The Labute approximate surface area is 78.7 Å². The Morgan fingerprint density at radius 2 is 2.38 bits per heavy atom. The molecule has 2 heteroatoms. The molecule has 2 nitrogen and oxygen atoms in total. The van der Waals surface area contributed by atoms with Gasteiger partial charge in [0.15, 0.2) is 0 Å². The lowest BCUT2D eigenvalue weighted by Gasteiger charge is -1.97. The first kappa shape index (κ1) is 9.52. The van der Waals surface area contributed by atoms with Crippen molar-refractivity contribution >= 4 is 5.57 Å². The molecule has 1 aromatic heterocycles. The highest BCUT2D eigenvalue weighted by molar-refractivity contribution is 5.73. The van der Waals surface area contributed by atoms with Crippen LogP contribution < -0.4 is 0 Å². The van der Waals surface area contributed by atoms with Crippen molar-refractivity contribution in [3.05, 3.63) is 48.3 Å².